The highest BCUT2D eigenvalue weighted by Gasteiger charge is 2.30. The molecule has 0 fully saturated rings. The van der Waals surface area contributed by atoms with Gasteiger partial charge in [-0.25, -0.2) is 0 Å². The molecule has 250 valence electrons. The number of rotatable bonds is 3. The van der Waals surface area contributed by atoms with Gasteiger partial charge in [0.05, 0.1) is 0 Å². The minimum Gasteiger partial charge on any atom is -0.455 e. The van der Waals surface area contributed by atoms with E-state index in [1.807, 2.05) is 0 Å². The van der Waals surface area contributed by atoms with Gasteiger partial charge in [0.1, 0.15) is 11.2 Å². The summed E-state index contributed by atoms with van der Waals surface area (Å²) >= 11 is 0. The van der Waals surface area contributed by atoms with Gasteiger partial charge in [0.2, 0.25) is 0 Å². The summed E-state index contributed by atoms with van der Waals surface area (Å²) in [5.41, 5.74) is 13.5. The lowest BCUT2D eigenvalue weighted by molar-refractivity contribution is 0.673. The Labute approximate surface area is 312 Å². The van der Waals surface area contributed by atoms with Gasteiger partial charge in [-0.05, 0) is 106 Å². The lowest BCUT2D eigenvalue weighted by Crippen LogP contribution is -1.98. The van der Waals surface area contributed by atoms with Gasteiger partial charge in [-0.3, -0.25) is 0 Å². The van der Waals surface area contributed by atoms with Crippen LogP contribution < -0.4 is 0 Å². The van der Waals surface area contributed by atoms with Crippen LogP contribution in [0.5, 0.6) is 0 Å². The molecule has 0 N–H and O–H groups in total. The molecule has 1 nitrogen and oxygen atoms in total. The normalized spacial score (nSPS) is 13.7. The zero-order valence-electron chi connectivity index (χ0n) is 29.4. The molecule has 0 aliphatic heterocycles. The van der Waals surface area contributed by atoms with E-state index >= 15 is 0 Å². The molecule has 10 aromatic carbocycles. The Hall–Kier alpha value is -6.96. The predicted molar refractivity (Wildman–Crippen MR) is 227 cm³/mol. The Bertz CT molecular complexity index is 3270. The first kappa shape index (κ1) is 29.6. The van der Waals surface area contributed by atoms with Crippen LogP contribution in [0, 0.1) is 0 Å². The first-order valence-corrected chi connectivity index (χ1v) is 18.8. The SMILES string of the molecule is c1ccc(C2c3ccccc3-c3cc(-c4c5ccccc5c(-c5ccc6c(c5)oc5c7ccccc7c7ccccc7c65)c5ccccc45)ccc32)cc1. The standard InChI is InChI=1S/C53H32O/c1-2-14-32(15-3-1)49-38-19-7-5-18-37(38)47-30-33(26-28-44(47)49)50-40-21-9-11-23-42(40)51(43-24-12-10-22-41(43)50)34-27-29-46-48(31-34)54-53-45-25-13-6-17-36(45)35-16-4-8-20-39(35)52(46)53/h1-31,49H. The van der Waals surface area contributed by atoms with Crippen LogP contribution in [0.4, 0.5) is 0 Å². The molecule has 1 aliphatic rings. The summed E-state index contributed by atoms with van der Waals surface area (Å²) in [6, 6.07) is 69.1. The van der Waals surface area contributed by atoms with Crippen molar-refractivity contribution in [1.82, 2.24) is 0 Å². The van der Waals surface area contributed by atoms with Crippen LogP contribution in [-0.4, -0.2) is 0 Å². The van der Waals surface area contributed by atoms with Crippen LogP contribution in [-0.2, 0) is 0 Å². The van der Waals surface area contributed by atoms with Crippen molar-refractivity contribution in [2.45, 2.75) is 5.92 Å². The molecule has 11 aromatic rings. The van der Waals surface area contributed by atoms with E-state index in [0.29, 0.717) is 0 Å². The first-order chi connectivity index (χ1) is 26.8. The Kier molecular flexibility index (Phi) is 6.18. The topological polar surface area (TPSA) is 13.1 Å². The second kappa shape index (κ2) is 11.3. The number of hydrogen-bond acceptors (Lipinski definition) is 1. The van der Waals surface area contributed by atoms with Crippen molar-refractivity contribution in [1.29, 1.82) is 0 Å². The van der Waals surface area contributed by atoms with Crippen molar-refractivity contribution >= 4 is 65.0 Å². The molecule has 0 saturated heterocycles. The smallest absolute Gasteiger partial charge is 0.143 e. The van der Waals surface area contributed by atoms with Crippen LogP contribution in [0.25, 0.3) is 98.4 Å². The largest absolute Gasteiger partial charge is 0.455 e. The van der Waals surface area contributed by atoms with E-state index in [2.05, 4.69) is 188 Å². The Morgan fingerprint density at radius 1 is 0.333 bits per heavy atom. The average Bonchev–Trinajstić information content (AvgIpc) is 3.79. The summed E-state index contributed by atoms with van der Waals surface area (Å²) in [5, 5.41) is 12.2. The Morgan fingerprint density at radius 2 is 0.833 bits per heavy atom. The number of furan rings is 1. The molecule has 0 bridgehead atoms. The second-order valence-electron chi connectivity index (χ2n) is 14.7. The molecule has 0 radical (unpaired) electrons. The van der Waals surface area contributed by atoms with E-state index in [1.54, 1.807) is 0 Å². The van der Waals surface area contributed by atoms with Crippen molar-refractivity contribution in [3.05, 3.63) is 205 Å². The summed E-state index contributed by atoms with van der Waals surface area (Å²) in [6.07, 6.45) is 0. The summed E-state index contributed by atoms with van der Waals surface area (Å²) in [4.78, 5) is 0. The molecule has 1 aromatic heterocycles. The molecule has 54 heavy (non-hydrogen) atoms. The van der Waals surface area contributed by atoms with E-state index in [9.17, 15) is 0 Å². The molecule has 1 atom stereocenters. The maximum Gasteiger partial charge on any atom is 0.143 e. The van der Waals surface area contributed by atoms with Gasteiger partial charge < -0.3 is 4.42 Å². The van der Waals surface area contributed by atoms with Gasteiger partial charge in [0, 0.05) is 22.1 Å². The van der Waals surface area contributed by atoms with E-state index in [-0.39, 0.29) is 5.92 Å². The number of benzene rings is 10. The minimum atomic E-state index is 0.228. The van der Waals surface area contributed by atoms with Crippen molar-refractivity contribution in [3.8, 4) is 33.4 Å². The Morgan fingerprint density at radius 3 is 1.52 bits per heavy atom. The summed E-state index contributed by atoms with van der Waals surface area (Å²) in [7, 11) is 0. The molecule has 1 unspecified atom stereocenters. The fourth-order valence-corrected chi connectivity index (χ4v) is 9.67. The van der Waals surface area contributed by atoms with Gasteiger partial charge in [-0.15, -0.1) is 0 Å². The number of hydrogen-bond donors (Lipinski definition) is 0. The zero-order chi connectivity index (χ0) is 35.3. The van der Waals surface area contributed by atoms with Crippen molar-refractivity contribution in [2.75, 3.05) is 0 Å². The fourth-order valence-electron chi connectivity index (χ4n) is 9.67. The second-order valence-corrected chi connectivity index (χ2v) is 14.7. The van der Waals surface area contributed by atoms with Crippen LogP contribution in [0.15, 0.2) is 192 Å². The van der Waals surface area contributed by atoms with Crippen LogP contribution >= 0.6 is 0 Å². The zero-order valence-corrected chi connectivity index (χ0v) is 29.4. The maximum absolute atomic E-state index is 6.87. The van der Waals surface area contributed by atoms with Crippen molar-refractivity contribution in [3.63, 3.8) is 0 Å². The van der Waals surface area contributed by atoms with Gasteiger partial charge in [-0.1, -0.05) is 170 Å². The molecule has 0 amide bonds. The number of fused-ring (bicyclic) bond motifs is 13. The Balaban J connectivity index is 1.10. The predicted octanol–water partition coefficient (Wildman–Crippen LogP) is 14.7. The van der Waals surface area contributed by atoms with E-state index < -0.39 is 0 Å². The van der Waals surface area contributed by atoms with Gasteiger partial charge >= 0.3 is 0 Å². The highest BCUT2D eigenvalue weighted by atomic mass is 16.3. The maximum atomic E-state index is 6.87. The molecule has 1 aliphatic carbocycles. The van der Waals surface area contributed by atoms with Crippen LogP contribution in [0.1, 0.15) is 22.6 Å². The van der Waals surface area contributed by atoms with E-state index in [1.165, 1.54) is 87.6 Å². The highest BCUT2D eigenvalue weighted by molar-refractivity contribution is 6.30. The van der Waals surface area contributed by atoms with E-state index in [4.69, 9.17) is 4.42 Å². The van der Waals surface area contributed by atoms with Crippen LogP contribution in [0.2, 0.25) is 0 Å². The van der Waals surface area contributed by atoms with Gasteiger partial charge in [0.25, 0.3) is 0 Å². The fraction of sp³-hybridized carbons (Fsp3) is 0.0189. The van der Waals surface area contributed by atoms with E-state index in [0.717, 1.165) is 27.5 Å². The minimum absolute atomic E-state index is 0.228. The van der Waals surface area contributed by atoms with Crippen molar-refractivity contribution in [2.24, 2.45) is 0 Å². The summed E-state index contributed by atoms with van der Waals surface area (Å²) in [5.74, 6) is 0.228. The monoisotopic (exact) mass is 684 g/mol. The lowest BCUT2D eigenvalue weighted by Gasteiger charge is -2.19. The third-order valence-corrected chi connectivity index (χ3v) is 11.9. The first-order valence-electron chi connectivity index (χ1n) is 18.8. The third-order valence-electron chi connectivity index (χ3n) is 11.9. The molecule has 1 heterocycles. The van der Waals surface area contributed by atoms with Gasteiger partial charge in [0.15, 0.2) is 0 Å². The van der Waals surface area contributed by atoms with Gasteiger partial charge in [-0.2, -0.15) is 0 Å². The van der Waals surface area contributed by atoms with Crippen LogP contribution in [0.3, 0.4) is 0 Å². The molecular weight excluding hydrogens is 653 g/mol. The molecule has 0 spiro atoms. The lowest BCUT2D eigenvalue weighted by atomic mass is 9.84. The highest BCUT2D eigenvalue weighted by Crippen LogP contribution is 2.51. The average molecular weight is 685 g/mol. The van der Waals surface area contributed by atoms with Crippen molar-refractivity contribution < 1.29 is 4.42 Å². The summed E-state index contributed by atoms with van der Waals surface area (Å²) < 4.78 is 6.87. The third kappa shape index (κ3) is 4.10. The molecule has 0 saturated carbocycles. The quantitative estimate of drug-likeness (QED) is 0.133. The molecule has 1 heteroatoms. The summed E-state index contributed by atoms with van der Waals surface area (Å²) in [6.45, 7) is 0. The molecular formula is C53H32O. The molecule has 12 rings (SSSR count).